The quantitative estimate of drug-likeness (QED) is 0.691. The fourth-order valence-corrected chi connectivity index (χ4v) is 2.73. The molecule has 1 aromatic heterocycles. The molecule has 0 unspecified atom stereocenters. The van der Waals surface area contributed by atoms with E-state index in [-0.39, 0.29) is 18.3 Å². The summed E-state index contributed by atoms with van der Waals surface area (Å²) in [5.41, 5.74) is 1.46. The Morgan fingerprint density at radius 2 is 2.08 bits per heavy atom. The van der Waals surface area contributed by atoms with Gasteiger partial charge in [-0.1, -0.05) is 18.2 Å². The summed E-state index contributed by atoms with van der Waals surface area (Å²) in [6, 6.07) is 12.2. The average Bonchev–Trinajstić information content (AvgIpc) is 3.03. The number of aryl methyl sites for hydroxylation is 1. The molecule has 0 atom stereocenters. The first-order chi connectivity index (χ1) is 12.1. The molecule has 0 aliphatic rings. The van der Waals surface area contributed by atoms with Crippen molar-refractivity contribution in [3.8, 4) is 5.75 Å². The standard InChI is InChI=1S/C19H20FN3O2/c1-22(13-14-5-3-4-6-17(14)20)19(24)9-10-23-18-8-7-16(25-2)11-15(18)12-21-23/h3-8,11-12H,9-10,13H2,1-2H3. The van der Waals surface area contributed by atoms with Crippen LogP contribution in [0.3, 0.4) is 0 Å². The van der Waals surface area contributed by atoms with Gasteiger partial charge in [0.05, 0.1) is 25.4 Å². The number of hydrogen-bond donors (Lipinski definition) is 0. The highest BCUT2D eigenvalue weighted by molar-refractivity contribution is 5.80. The first-order valence-corrected chi connectivity index (χ1v) is 8.05. The Hall–Kier alpha value is -2.89. The molecule has 0 fully saturated rings. The summed E-state index contributed by atoms with van der Waals surface area (Å²) < 4.78 is 20.7. The maximum Gasteiger partial charge on any atom is 0.224 e. The largest absolute Gasteiger partial charge is 0.497 e. The van der Waals surface area contributed by atoms with Gasteiger partial charge in [0.25, 0.3) is 0 Å². The fraction of sp³-hybridized carbons (Fsp3) is 0.263. The fourth-order valence-electron chi connectivity index (χ4n) is 2.73. The molecule has 130 valence electrons. The third-order valence-corrected chi connectivity index (χ3v) is 4.18. The van der Waals surface area contributed by atoms with E-state index in [4.69, 9.17) is 4.74 Å². The van der Waals surface area contributed by atoms with E-state index in [1.54, 1.807) is 43.2 Å². The van der Waals surface area contributed by atoms with Crippen LogP contribution in [-0.4, -0.2) is 34.7 Å². The van der Waals surface area contributed by atoms with Gasteiger partial charge in [-0.15, -0.1) is 0 Å². The van der Waals surface area contributed by atoms with E-state index in [1.165, 1.54) is 11.0 Å². The molecule has 0 aliphatic carbocycles. The van der Waals surface area contributed by atoms with Gasteiger partial charge in [-0.2, -0.15) is 5.10 Å². The van der Waals surface area contributed by atoms with Crippen molar-refractivity contribution in [3.05, 3.63) is 60.0 Å². The summed E-state index contributed by atoms with van der Waals surface area (Å²) in [5.74, 6) is 0.419. The van der Waals surface area contributed by atoms with Crippen molar-refractivity contribution >= 4 is 16.8 Å². The lowest BCUT2D eigenvalue weighted by Gasteiger charge is -2.17. The second-order valence-corrected chi connectivity index (χ2v) is 5.88. The van der Waals surface area contributed by atoms with E-state index in [9.17, 15) is 9.18 Å². The summed E-state index contributed by atoms with van der Waals surface area (Å²) in [4.78, 5) is 13.9. The Labute approximate surface area is 145 Å². The molecule has 25 heavy (non-hydrogen) atoms. The molecule has 1 amide bonds. The van der Waals surface area contributed by atoms with Crippen LogP contribution in [0, 0.1) is 5.82 Å². The first kappa shape index (κ1) is 17.0. The Morgan fingerprint density at radius 1 is 1.28 bits per heavy atom. The molecule has 0 spiro atoms. The van der Waals surface area contributed by atoms with Gasteiger partial charge in [0, 0.05) is 31.0 Å². The SMILES string of the molecule is COc1ccc2c(cnn2CCC(=O)N(C)Cc2ccccc2F)c1. The van der Waals surface area contributed by atoms with Gasteiger partial charge in [-0.05, 0) is 24.3 Å². The van der Waals surface area contributed by atoms with Crippen molar-refractivity contribution in [2.24, 2.45) is 0 Å². The van der Waals surface area contributed by atoms with Crippen molar-refractivity contribution in [2.45, 2.75) is 19.5 Å². The number of carbonyl (C=O) groups is 1. The monoisotopic (exact) mass is 341 g/mol. The molecule has 0 saturated carbocycles. The summed E-state index contributed by atoms with van der Waals surface area (Å²) >= 11 is 0. The molecule has 0 saturated heterocycles. The zero-order valence-corrected chi connectivity index (χ0v) is 14.3. The predicted molar refractivity (Wildman–Crippen MR) is 93.8 cm³/mol. The number of carbonyl (C=O) groups excluding carboxylic acids is 1. The lowest BCUT2D eigenvalue weighted by molar-refractivity contribution is -0.130. The van der Waals surface area contributed by atoms with E-state index in [1.807, 2.05) is 18.2 Å². The third kappa shape index (κ3) is 3.79. The van der Waals surface area contributed by atoms with Crippen LogP contribution in [0.25, 0.3) is 10.9 Å². The minimum atomic E-state index is -0.297. The number of rotatable bonds is 6. The van der Waals surface area contributed by atoms with Crippen LogP contribution in [0.1, 0.15) is 12.0 Å². The molecular formula is C19H20FN3O2. The van der Waals surface area contributed by atoms with E-state index in [2.05, 4.69) is 5.10 Å². The zero-order valence-electron chi connectivity index (χ0n) is 14.3. The highest BCUT2D eigenvalue weighted by atomic mass is 19.1. The number of nitrogens with zero attached hydrogens (tertiary/aromatic N) is 3. The lowest BCUT2D eigenvalue weighted by atomic mass is 10.2. The maximum absolute atomic E-state index is 13.7. The predicted octanol–water partition coefficient (Wildman–Crippen LogP) is 3.23. The number of hydrogen-bond acceptors (Lipinski definition) is 3. The van der Waals surface area contributed by atoms with Crippen molar-refractivity contribution < 1.29 is 13.9 Å². The minimum absolute atomic E-state index is 0.0552. The third-order valence-electron chi connectivity index (χ3n) is 4.18. The molecule has 1 heterocycles. The molecule has 5 nitrogen and oxygen atoms in total. The summed E-state index contributed by atoms with van der Waals surface area (Å²) in [6.07, 6.45) is 2.05. The van der Waals surface area contributed by atoms with Gasteiger partial charge in [-0.3, -0.25) is 9.48 Å². The van der Waals surface area contributed by atoms with E-state index in [0.29, 0.717) is 18.5 Å². The van der Waals surface area contributed by atoms with Crippen LogP contribution < -0.4 is 4.74 Å². The van der Waals surface area contributed by atoms with Crippen LogP contribution in [-0.2, 0) is 17.9 Å². The zero-order chi connectivity index (χ0) is 17.8. The molecule has 0 radical (unpaired) electrons. The maximum atomic E-state index is 13.7. The van der Waals surface area contributed by atoms with E-state index in [0.717, 1.165) is 16.7 Å². The molecule has 0 aliphatic heterocycles. The Morgan fingerprint density at radius 3 is 2.84 bits per heavy atom. The number of fused-ring (bicyclic) bond motifs is 1. The minimum Gasteiger partial charge on any atom is -0.497 e. The average molecular weight is 341 g/mol. The Balaban J connectivity index is 1.63. The van der Waals surface area contributed by atoms with Crippen molar-refractivity contribution in [3.63, 3.8) is 0 Å². The van der Waals surface area contributed by atoms with Gasteiger partial charge in [0.2, 0.25) is 5.91 Å². The molecule has 6 heteroatoms. The summed E-state index contributed by atoms with van der Waals surface area (Å²) in [5, 5.41) is 5.29. The number of benzene rings is 2. The van der Waals surface area contributed by atoms with Crippen molar-refractivity contribution in [1.82, 2.24) is 14.7 Å². The number of amides is 1. The molecule has 0 N–H and O–H groups in total. The molecule has 3 aromatic rings. The van der Waals surface area contributed by atoms with Gasteiger partial charge in [0.15, 0.2) is 0 Å². The van der Waals surface area contributed by atoms with Gasteiger partial charge >= 0.3 is 0 Å². The molecule has 0 bridgehead atoms. The van der Waals surface area contributed by atoms with Crippen LogP contribution in [0.4, 0.5) is 4.39 Å². The normalized spacial score (nSPS) is 10.8. The second-order valence-electron chi connectivity index (χ2n) is 5.88. The van der Waals surface area contributed by atoms with Crippen molar-refractivity contribution in [1.29, 1.82) is 0 Å². The number of methoxy groups -OCH3 is 1. The summed E-state index contributed by atoms with van der Waals surface area (Å²) in [7, 11) is 3.30. The molecule has 3 rings (SSSR count). The number of halogens is 1. The highest BCUT2D eigenvalue weighted by Gasteiger charge is 2.13. The highest BCUT2D eigenvalue weighted by Crippen LogP contribution is 2.20. The lowest BCUT2D eigenvalue weighted by Crippen LogP contribution is -2.27. The van der Waals surface area contributed by atoms with E-state index < -0.39 is 0 Å². The molecular weight excluding hydrogens is 321 g/mol. The smallest absolute Gasteiger partial charge is 0.224 e. The van der Waals surface area contributed by atoms with Crippen LogP contribution in [0.5, 0.6) is 5.75 Å². The first-order valence-electron chi connectivity index (χ1n) is 8.05. The van der Waals surface area contributed by atoms with Gasteiger partial charge in [-0.25, -0.2) is 4.39 Å². The Kier molecular flexibility index (Phi) is 4.97. The van der Waals surface area contributed by atoms with E-state index >= 15 is 0 Å². The number of aromatic nitrogens is 2. The Bertz CT molecular complexity index is 891. The van der Waals surface area contributed by atoms with Gasteiger partial charge in [0.1, 0.15) is 11.6 Å². The summed E-state index contributed by atoms with van der Waals surface area (Å²) in [6.45, 7) is 0.721. The number of ether oxygens (including phenoxy) is 1. The molecule has 2 aromatic carbocycles. The van der Waals surface area contributed by atoms with Crippen LogP contribution >= 0.6 is 0 Å². The topological polar surface area (TPSA) is 47.4 Å². The van der Waals surface area contributed by atoms with Gasteiger partial charge < -0.3 is 9.64 Å². The second kappa shape index (κ2) is 7.34. The van der Waals surface area contributed by atoms with Crippen molar-refractivity contribution in [2.75, 3.05) is 14.2 Å². The van der Waals surface area contributed by atoms with Crippen LogP contribution in [0.2, 0.25) is 0 Å². The van der Waals surface area contributed by atoms with Crippen LogP contribution in [0.15, 0.2) is 48.7 Å².